The first-order valence-electron chi connectivity index (χ1n) is 8.90. The van der Waals surface area contributed by atoms with E-state index in [1.807, 2.05) is 66.7 Å². The van der Waals surface area contributed by atoms with E-state index in [4.69, 9.17) is 26.1 Å². The van der Waals surface area contributed by atoms with E-state index in [2.05, 4.69) is 9.56 Å². The largest absolute Gasteiger partial charge is 0.454 e. The van der Waals surface area contributed by atoms with Gasteiger partial charge in [-0.2, -0.15) is 0 Å². The third-order valence-corrected chi connectivity index (χ3v) is 5.02. The number of imidazole rings is 1. The van der Waals surface area contributed by atoms with Crippen LogP contribution in [0.15, 0.2) is 71.7 Å². The second-order valence-electron chi connectivity index (χ2n) is 6.45. The number of benzene rings is 3. The Morgan fingerprint density at radius 3 is 2.75 bits per heavy atom. The van der Waals surface area contributed by atoms with Gasteiger partial charge in [-0.25, -0.2) is 9.98 Å². The van der Waals surface area contributed by atoms with Crippen LogP contribution in [0, 0.1) is 0 Å². The zero-order valence-electron chi connectivity index (χ0n) is 14.9. The Balaban J connectivity index is 1.54. The van der Waals surface area contributed by atoms with Crippen LogP contribution in [0.4, 0.5) is 5.95 Å². The second kappa shape index (κ2) is 7.02. The molecule has 1 aliphatic heterocycles. The Hall–Kier alpha value is -3.31. The molecule has 0 radical (unpaired) electrons. The number of aromatic nitrogens is 2. The summed E-state index contributed by atoms with van der Waals surface area (Å²) in [4.78, 5) is 9.34. The number of para-hydroxylation sites is 2. The van der Waals surface area contributed by atoms with Crippen LogP contribution in [0.5, 0.6) is 11.5 Å². The van der Waals surface area contributed by atoms with E-state index in [9.17, 15) is 0 Å². The molecular weight excluding hydrogens is 374 g/mol. The summed E-state index contributed by atoms with van der Waals surface area (Å²) in [5, 5.41) is 0.728. The van der Waals surface area contributed by atoms with Crippen molar-refractivity contribution in [1.29, 1.82) is 0 Å². The van der Waals surface area contributed by atoms with Gasteiger partial charge in [0.05, 0.1) is 17.6 Å². The summed E-state index contributed by atoms with van der Waals surface area (Å²) in [5.74, 6) is 2.11. The standard InChI is InChI=1S/C22H16ClN3O2/c23-17-6-2-1-5-16(17)13-26-19-8-4-3-7-18(19)25-22(26)24-12-15-9-10-20-21(11-15)28-14-27-20/h1-12H,13-14H2. The van der Waals surface area contributed by atoms with E-state index in [0.29, 0.717) is 12.5 Å². The van der Waals surface area contributed by atoms with Crippen LogP contribution in [-0.4, -0.2) is 22.6 Å². The highest BCUT2D eigenvalue weighted by molar-refractivity contribution is 6.31. The Kier molecular flexibility index (Phi) is 4.22. The van der Waals surface area contributed by atoms with Crippen LogP contribution < -0.4 is 9.47 Å². The Morgan fingerprint density at radius 2 is 1.82 bits per heavy atom. The average molecular weight is 390 g/mol. The fraction of sp³-hybridized carbons (Fsp3) is 0.0909. The van der Waals surface area contributed by atoms with E-state index in [1.54, 1.807) is 6.21 Å². The van der Waals surface area contributed by atoms with E-state index >= 15 is 0 Å². The van der Waals surface area contributed by atoms with E-state index in [0.717, 1.165) is 38.7 Å². The molecule has 0 N–H and O–H groups in total. The van der Waals surface area contributed by atoms with Gasteiger partial charge in [-0.3, -0.25) is 0 Å². The summed E-state index contributed by atoms with van der Waals surface area (Å²) in [6, 6.07) is 21.6. The lowest BCUT2D eigenvalue weighted by Gasteiger charge is -2.08. The zero-order chi connectivity index (χ0) is 18.9. The first-order chi connectivity index (χ1) is 13.8. The quantitative estimate of drug-likeness (QED) is 0.450. The second-order valence-corrected chi connectivity index (χ2v) is 6.86. The highest BCUT2D eigenvalue weighted by Crippen LogP contribution is 2.32. The molecule has 0 aliphatic carbocycles. The van der Waals surface area contributed by atoms with Gasteiger partial charge in [0, 0.05) is 11.2 Å². The lowest BCUT2D eigenvalue weighted by molar-refractivity contribution is 0.174. The predicted octanol–water partition coefficient (Wildman–Crippen LogP) is 5.22. The normalized spacial score (nSPS) is 12.9. The Bertz CT molecular complexity index is 1200. The van der Waals surface area contributed by atoms with E-state index in [-0.39, 0.29) is 6.79 Å². The van der Waals surface area contributed by atoms with Gasteiger partial charge in [0.2, 0.25) is 12.7 Å². The molecule has 0 atom stereocenters. The number of nitrogens with zero attached hydrogens (tertiary/aromatic N) is 3. The van der Waals surface area contributed by atoms with Gasteiger partial charge in [0.25, 0.3) is 0 Å². The first kappa shape index (κ1) is 16.8. The summed E-state index contributed by atoms with van der Waals surface area (Å²) in [7, 11) is 0. The summed E-state index contributed by atoms with van der Waals surface area (Å²) < 4.78 is 12.9. The van der Waals surface area contributed by atoms with Crippen LogP contribution in [0.25, 0.3) is 11.0 Å². The van der Waals surface area contributed by atoms with Crippen molar-refractivity contribution in [2.24, 2.45) is 4.99 Å². The number of hydrogen-bond acceptors (Lipinski definition) is 4. The van der Waals surface area contributed by atoms with Gasteiger partial charge in [-0.05, 0) is 47.5 Å². The third-order valence-electron chi connectivity index (χ3n) is 4.65. The third kappa shape index (κ3) is 3.10. The van der Waals surface area contributed by atoms with Crippen molar-refractivity contribution in [2.75, 3.05) is 6.79 Å². The monoisotopic (exact) mass is 389 g/mol. The van der Waals surface area contributed by atoms with Crippen molar-refractivity contribution in [3.05, 3.63) is 82.9 Å². The molecule has 0 saturated carbocycles. The average Bonchev–Trinajstić information content (AvgIpc) is 3.32. The molecule has 1 aliphatic rings. The highest BCUT2D eigenvalue weighted by Gasteiger charge is 2.14. The van der Waals surface area contributed by atoms with Gasteiger partial charge in [0.15, 0.2) is 11.5 Å². The molecule has 0 unspecified atom stereocenters. The highest BCUT2D eigenvalue weighted by atomic mass is 35.5. The molecule has 28 heavy (non-hydrogen) atoms. The van der Waals surface area contributed by atoms with Crippen molar-refractivity contribution < 1.29 is 9.47 Å². The lowest BCUT2D eigenvalue weighted by Crippen LogP contribution is -2.00. The van der Waals surface area contributed by atoms with E-state index < -0.39 is 0 Å². The maximum atomic E-state index is 6.37. The van der Waals surface area contributed by atoms with Gasteiger partial charge in [-0.15, -0.1) is 0 Å². The Morgan fingerprint density at radius 1 is 1.00 bits per heavy atom. The number of rotatable bonds is 4. The topological polar surface area (TPSA) is 48.6 Å². The van der Waals surface area contributed by atoms with Gasteiger partial charge in [-0.1, -0.05) is 41.9 Å². The molecule has 4 aromatic rings. The fourth-order valence-electron chi connectivity index (χ4n) is 3.24. The maximum absolute atomic E-state index is 6.37. The number of fused-ring (bicyclic) bond motifs is 2. The van der Waals surface area contributed by atoms with Crippen molar-refractivity contribution >= 4 is 34.8 Å². The molecule has 6 heteroatoms. The number of halogens is 1. The Labute approximate surface area is 166 Å². The molecular formula is C22H16ClN3O2. The van der Waals surface area contributed by atoms with Crippen molar-refractivity contribution in [2.45, 2.75) is 6.54 Å². The van der Waals surface area contributed by atoms with Crippen LogP contribution >= 0.6 is 11.6 Å². The van der Waals surface area contributed by atoms with Crippen LogP contribution in [-0.2, 0) is 6.54 Å². The minimum absolute atomic E-state index is 0.254. The summed E-state index contributed by atoms with van der Waals surface area (Å²) in [6.07, 6.45) is 1.78. The minimum Gasteiger partial charge on any atom is -0.454 e. The first-order valence-corrected chi connectivity index (χ1v) is 9.28. The molecule has 1 aromatic heterocycles. The van der Waals surface area contributed by atoms with Gasteiger partial charge < -0.3 is 14.0 Å². The summed E-state index contributed by atoms with van der Waals surface area (Å²) in [6.45, 7) is 0.845. The minimum atomic E-state index is 0.254. The molecule has 0 fully saturated rings. The molecule has 0 spiro atoms. The molecule has 0 saturated heterocycles. The maximum Gasteiger partial charge on any atom is 0.231 e. The van der Waals surface area contributed by atoms with Crippen molar-refractivity contribution in [1.82, 2.24) is 9.55 Å². The number of aliphatic imine (C=N–C) groups is 1. The number of ether oxygens (including phenoxy) is 2. The van der Waals surface area contributed by atoms with Crippen molar-refractivity contribution in [3.8, 4) is 11.5 Å². The van der Waals surface area contributed by atoms with Crippen LogP contribution in [0.3, 0.4) is 0 Å². The van der Waals surface area contributed by atoms with E-state index in [1.165, 1.54) is 0 Å². The molecule has 5 nitrogen and oxygen atoms in total. The fourth-order valence-corrected chi connectivity index (χ4v) is 3.44. The summed E-state index contributed by atoms with van der Waals surface area (Å²) in [5.41, 5.74) is 3.85. The predicted molar refractivity (Wildman–Crippen MR) is 110 cm³/mol. The van der Waals surface area contributed by atoms with Gasteiger partial charge in [0.1, 0.15) is 0 Å². The smallest absolute Gasteiger partial charge is 0.231 e. The molecule has 138 valence electrons. The lowest BCUT2D eigenvalue weighted by atomic mass is 10.2. The van der Waals surface area contributed by atoms with Crippen LogP contribution in [0.1, 0.15) is 11.1 Å². The van der Waals surface area contributed by atoms with Crippen molar-refractivity contribution in [3.63, 3.8) is 0 Å². The molecule has 3 aromatic carbocycles. The SMILES string of the molecule is Clc1ccccc1Cn1c(N=Cc2ccc3c(c2)OCO3)nc2ccccc21. The molecule has 0 amide bonds. The van der Waals surface area contributed by atoms with Crippen LogP contribution in [0.2, 0.25) is 5.02 Å². The molecule has 0 bridgehead atoms. The molecule has 5 rings (SSSR count). The zero-order valence-corrected chi connectivity index (χ0v) is 15.6. The molecule has 2 heterocycles. The number of hydrogen-bond donors (Lipinski definition) is 0. The summed E-state index contributed by atoms with van der Waals surface area (Å²) >= 11 is 6.37. The van der Waals surface area contributed by atoms with Gasteiger partial charge >= 0.3 is 0 Å².